The maximum Gasteiger partial charge on any atom is 0.573 e. The van der Waals surface area contributed by atoms with E-state index < -0.39 is 12.2 Å². The topological polar surface area (TPSA) is 79.9 Å². The Morgan fingerprint density at radius 3 is 2.68 bits per heavy atom. The van der Waals surface area contributed by atoms with Crippen LogP contribution in [0.5, 0.6) is 5.75 Å². The molecule has 1 aromatic heterocycles. The number of thioether (sulfide) groups is 1. The van der Waals surface area contributed by atoms with Crippen molar-refractivity contribution < 1.29 is 22.3 Å². The van der Waals surface area contributed by atoms with Gasteiger partial charge in [0.1, 0.15) is 17.9 Å². The number of nitrogens with zero attached hydrogens (tertiary/aromatic N) is 6. The molecule has 0 saturated carbocycles. The Hall–Kier alpha value is -4.56. The van der Waals surface area contributed by atoms with E-state index in [4.69, 9.17) is 12.2 Å². The summed E-state index contributed by atoms with van der Waals surface area (Å²) in [6.07, 6.45) is 0.133. The quantitative estimate of drug-likeness (QED) is 0.108. The molecular formula is C30H23F4N7OS2. The van der Waals surface area contributed by atoms with Gasteiger partial charge in [0.15, 0.2) is 11.0 Å². The molecule has 8 nitrogen and oxygen atoms in total. The third kappa shape index (κ3) is 6.36. The molecule has 1 saturated heterocycles. The van der Waals surface area contributed by atoms with Crippen LogP contribution in [0.2, 0.25) is 0 Å². The molecule has 0 radical (unpaired) electrons. The van der Waals surface area contributed by atoms with Crippen LogP contribution in [-0.2, 0) is 0 Å². The summed E-state index contributed by atoms with van der Waals surface area (Å²) in [4.78, 5) is 10.9. The molecular weight excluding hydrogens is 615 g/mol. The Morgan fingerprint density at radius 1 is 1.14 bits per heavy atom. The van der Waals surface area contributed by atoms with E-state index >= 15 is 0 Å². The first-order valence-corrected chi connectivity index (χ1v) is 14.7. The number of nitrogens with one attached hydrogen (secondary N) is 1. The highest BCUT2D eigenvalue weighted by Crippen LogP contribution is 2.43. The largest absolute Gasteiger partial charge is 0.573 e. The monoisotopic (exact) mass is 637 g/mol. The van der Waals surface area contributed by atoms with Gasteiger partial charge in [0.2, 0.25) is 5.11 Å². The maximum atomic E-state index is 14.9. The number of benzene rings is 3. The van der Waals surface area contributed by atoms with Crippen molar-refractivity contribution >= 4 is 46.2 Å². The van der Waals surface area contributed by atoms with Gasteiger partial charge in [-0.25, -0.2) is 14.1 Å². The number of halogens is 4. The van der Waals surface area contributed by atoms with Crippen molar-refractivity contribution in [1.29, 1.82) is 0 Å². The van der Waals surface area contributed by atoms with Gasteiger partial charge in [-0.1, -0.05) is 43.0 Å². The minimum atomic E-state index is -4.78. The lowest BCUT2D eigenvalue weighted by molar-refractivity contribution is -0.274. The Bertz CT molecular complexity index is 1830. The second kappa shape index (κ2) is 11.8. The van der Waals surface area contributed by atoms with Crippen molar-refractivity contribution in [2.24, 2.45) is 10.1 Å². The molecule has 2 aliphatic rings. The zero-order chi connectivity index (χ0) is 31.0. The van der Waals surface area contributed by atoms with E-state index in [0.717, 1.165) is 22.2 Å². The van der Waals surface area contributed by atoms with Crippen molar-refractivity contribution in [2.75, 3.05) is 10.7 Å². The number of aromatic nitrogens is 3. The van der Waals surface area contributed by atoms with Crippen molar-refractivity contribution in [1.82, 2.24) is 20.2 Å². The van der Waals surface area contributed by atoms with Crippen LogP contribution in [0.25, 0.3) is 17.1 Å². The molecule has 14 heteroatoms. The average molecular weight is 638 g/mol. The van der Waals surface area contributed by atoms with E-state index in [1.165, 1.54) is 64.9 Å². The average Bonchev–Trinajstić information content (AvgIpc) is 3.61. The molecule has 1 fully saturated rings. The predicted octanol–water partition coefficient (Wildman–Crippen LogP) is 7.10. The second-order valence-electron chi connectivity index (χ2n) is 9.99. The first-order chi connectivity index (χ1) is 21.0. The molecule has 0 aliphatic carbocycles. The van der Waals surface area contributed by atoms with Gasteiger partial charge in [0, 0.05) is 28.5 Å². The number of anilines is 1. The number of aliphatic imine (C=N–C) groups is 1. The first kappa shape index (κ1) is 29.5. The first-order valence-electron chi connectivity index (χ1n) is 13.3. The minimum Gasteiger partial charge on any atom is -0.406 e. The summed E-state index contributed by atoms with van der Waals surface area (Å²) in [6, 6.07) is 15.9. The Labute approximate surface area is 259 Å². The molecule has 224 valence electrons. The fraction of sp³-hybridized carbons (Fsp3) is 0.167. The van der Waals surface area contributed by atoms with E-state index in [-0.39, 0.29) is 22.2 Å². The van der Waals surface area contributed by atoms with Gasteiger partial charge >= 0.3 is 6.36 Å². The summed E-state index contributed by atoms with van der Waals surface area (Å²) in [5.41, 5.74) is 8.39. The van der Waals surface area contributed by atoms with E-state index in [9.17, 15) is 17.6 Å². The number of thiocarbonyl (C=S) groups is 1. The predicted molar refractivity (Wildman–Crippen MR) is 167 cm³/mol. The standard InChI is InChI=1S/C30H23F4N7OS2/c1-17-3-10-24-18(2)12-22-15-44-29(41(22)26(24)11-17)37-28(43)38-36-14-20-5-4-19(13-25(20)31)27-35-16-40(39-27)21-6-8-23(9-7-21)42-30(32,33)34/h3-14,16,18H,15H2,1-2H3,(H,38,43)/b36-14+,37-29-. The summed E-state index contributed by atoms with van der Waals surface area (Å²) in [5, 5.41) is 9.26. The van der Waals surface area contributed by atoms with Crippen LogP contribution in [0.15, 0.2) is 88.9 Å². The van der Waals surface area contributed by atoms with Crippen LogP contribution in [0.4, 0.5) is 23.2 Å². The van der Waals surface area contributed by atoms with Gasteiger partial charge in [0.05, 0.1) is 17.6 Å². The normalized spacial score (nSPS) is 17.0. The van der Waals surface area contributed by atoms with Gasteiger partial charge in [-0.15, -0.1) is 18.3 Å². The molecule has 4 aromatic rings. The number of fused-ring (bicyclic) bond motifs is 3. The van der Waals surface area contributed by atoms with Crippen LogP contribution < -0.4 is 15.1 Å². The maximum absolute atomic E-state index is 14.9. The van der Waals surface area contributed by atoms with Crippen molar-refractivity contribution in [3.8, 4) is 22.8 Å². The van der Waals surface area contributed by atoms with Crippen LogP contribution in [0.1, 0.15) is 29.5 Å². The number of ether oxygens (including phenoxy) is 1. The number of hydrogen-bond acceptors (Lipinski definition) is 6. The molecule has 3 aromatic carbocycles. The third-order valence-electron chi connectivity index (χ3n) is 6.83. The molecule has 1 N–H and O–H groups in total. The van der Waals surface area contributed by atoms with Gasteiger partial charge in [-0.2, -0.15) is 10.1 Å². The molecule has 1 unspecified atom stereocenters. The van der Waals surface area contributed by atoms with Gasteiger partial charge < -0.3 is 4.74 Å². The molecule has 0 amide bonds. The van der Waals surface area contributed by atoms with E-state index in [1.807, 2.05) is 0 Å². The fourth-order valence-electron chi connectivity index (χ4n) is 4.82. The van der Waals surface area contributed by atoms with E-state index in [0.29, 0.717) is 17.2 Å². The van der Waals surface area contributed by atoms with Gasteiger partial charge in [-0.05, 0) is 72.7 Å². The van der Waals surface area contributed by atoms with Crippen molar-refractivity contribution in [3.05, 3.63) is 101 Å². The Morgan fingerprint density at radius 2 is 1.93 bits per heavy atom. The number of hydrogen-bond donors (Lipinski definition) is 1. The van der Waals surface area contributed by atoms with Crippen molar-refractivity contribution in [3.63, 3.8) is 0 Å². The lowest BCUT2D eigenvalue weighted by atomic mass is 9.93. The van der Waals surface area contributed by atoms with Crippen LogP contribution in [0.3, 0.4) is 0 Å². The Kier molecular flexibility index (Phi) is 7.95. The number of amidine groups is 1. The summed E-state index contributed by atoms with van der Waals surface area (Å²) < 4.78 is 57.4. The summed E-state index contributed by atoms with van der Waals surface area (Å²) in [7, 11) is 0. The number of allylic oxidation sites excluding steroid dienone is 1. The smallest absolute Gasteiger partial charge is 0.406 e. The zero-order valence-electron chi connectivity index (χ0n) is 23.2. The molecule has 6 rings (SSSR count). The number of rotatable bonds is 5. The highest BCUT2D eigenvalue weighted by atomic mass is 32.2. The number of alkyl halides is 3. The van der Waals surface area contributed by atoms with Crippen LogP contribution >= 0.6 is 24.0 Å². The fourth-order valence-corrected chi connectivity index (χ4v) is 6.02. The SMILES string of the molecule is Cc1ccc2c(c1)N1C(=CC2C)CS/C1=N\C(=S)N/N=C/c1ccc(-c2ncn(-c3ccc(OC(F)(F)F)cc3)n2)cc1F. The minimum absolute atomic E-state index is 0.141. The highest BCUT2D eigenvalue weighted by molar-refractivity contribution is 8.14. The van der Waals surface area contributed by atoms with E-state index in [2.05, 4.69) is 73.4 Å². The second-order valence-corrected chi connectivity index (χ2v) is 11.3. The molecule has 0 bridgehead atoms. The molecule has 2 aliphatic heterocycles. The molecule has 0 spiro atoms. The van der Waals surface area contributed by atoms with Crippen molar-refractivity contribution in [2.45, 2.75) is 26.1 Å². The van der Waals surface area contributed by atoms with Gasteiger partial charge in [0.25, 0.3) is 0 Å². The number of hydrazone groups is 1. The summed E-state index contributed by atoms with van der Waals surface area (Å²) in [5.74, 6) is 0.401. The van der Waals surface area contributed by atoms with E-state index in [1.54, 1.807) is 17.8 Å². The zero-order valence-corrected chi connectivity index (χ0v) is 24.8. The third-order valence-corrected chi connectivity index (χ3v) is 7.99. The van der Waals surface area contributed by atoms with Crippen LogP contribution in [-0.4, -0.2) is 43.4 Å². The number of aryl methyl sites for hydroxylation is 1. The molecule has 3 heterocycles. The lowest BCUT2D eigenvalue weighted by Gasteiger charge is -2.30. The lowest BCUT2D eigenvalue weighted by Crippen LogP contribution is -2.28. The summed E-state index contributed by atoms with van der Waals surface area (Å²) in [6.45, 7) is 4.23. The molecule has 1 atom stereocenters. The highest BCUT2D eigenvalue weighted by Gasteiger charge is 2.33. The molecule has 44 heavy (non-hydrogen) atoms. The summed E-state index contributed by atoms with van der Waals surface area (Å²) >= 11 is 6.99. The Balaban J connectivity index is 1.11. The van der Waals surface area contributed by atoms with Crippen LogP contribution in [0, 0.1) is 12.7 Å². The van der Waals surface area contributed by atoms with Gasteiger partial charge in [-0.3, -0.25) is 10.3 Å².